The van der Waals surface area contributed by atoms with Crippen LogP contribution in [0.2, 0.25) is 0 Å². The summed E-state index contributed by atoms with van der Waals surface area (Å²) >= 11 is 1.34. The van der Waals surface area contributed by atoms with Crippen molar-refractivity contribution < 1.29 is 13.3 Å². The number of nitrogens with one attached hydrogen (secondary N) is 1. The molecule has 0 unspecified atom stereocenters. The van der Waals surface area contributed by atoms with E-state index in [2.05, 4.69) is 9.71 Å². The number of sulfonamides is 1. The fourth-order valence-electron chi connectivity index (χ4n) is 1.68. The summed E-state index contributed by atoms with van der Waals surface area (Å²) in [6, 6.07) is 3.78. The first kappa shape index (κ1) is 15.4. The number of para-hydroxylation sites is 1. The van der Waals surface area contributed by atoms with Crippen LogP contribution in [0, 0.1) is 17.0 Å². The maximum absolute atomic E-state index is 12.2. The van der Waals surface area contributed by atoms with E-state index in [-0.39, 0.29) is 12.2 Å². The van der Waals surface area contributed by atoms with E-state index in [0.717, 1.165) is 11.1 Å². The summed E-state index contributed by atoms with van der Waals surface area (Å²) in [5.74, 6) is 0. The lowest BCUT2D eigenvalue weighted by Gasteiger charge is -2.07. The van der Waals surface area contributed by atoms with Gasteiger partial charge < -0.3 is 5.73 Å². The average molecular weight is 328 g/mol. The Bertz CT molecular complexity index is 785. The molecule has 10 heteroatoms. The van der Waals surface area contributed by atoms with Crippen LogP contribution in [0.15, 0.2) is 29.3 Å². The predicted molar refractivity (Wildman–Crippen MR) is 78.4 cm³/mol. The molecule has 0 amide bonds. The summed E-state index contributed by atoms with van der Waals surface area (Å²) in [5.41, 5.74) is 4.67. The van der Waals surface area contributed by atoms with Gasteiger partial charge in [0.15, 0.2) is 4.90 Å². The fourth-order valence-corrected chi connectivity index (χ4v) is 3.71. The maximum Gasteiger partial charge on any atom is 0.312 e. The zero-order valence-corrected chi connectivity index (χ0v) is 12.6. The second-order valence-electron chi connectivity index (χ2n) is 4.12. The summed E-state index contributed by atoms with van der Waals surface area (Å²) in [4.78, 5) is 14.5. The van der Waals surface area contributed by atoms with Crippen LogP contribution in [0.4, 0.5) is 11.4 Å². The molecule has 0 spiro atoms. The topological polar surface area (TPSA) is 128 Å². The first-order valence-corrected chi connectivity index (χ1v) is 8.05. The molecule has 8 nitrogen and oxygen atoms in total. The van der Waals surface area contributed by atoms with Gasteiger partial charge in [0.05, 0.1) is 9.93 Å². The van der Waals surface area contributed by atoms with E-state index < -0.39 is 25.5 Å². The van der Waals surface area contributed by atoms with Crippen molar-refractivity contribution in [3.8, 4) is 0 Å². The third-order valence-electron chi connectivity index (χ3n) is 2.61. The highest BCUT2D eigenvalue weighted by Gasteiger charge is 2.27. The summed E-state index contributed by atoms with van der Waals surface area (Å²) < 4.78 is 26.7. The lowest BCUT2D eigenvalue weighted by molar-refractivity contribution is -0.386. The highest BCUT2D eigenvalue weighted by molar-refractivity contribution is 7.89. The minimum absolute atomic E-state index is 0.0137. The quantitative estimate of drug-likeness (QED) is 0.485. The molecular formula is C11H12N4O4S2. The number of nitrogens with two attached hydrogens (primary N) is 1. The number of nitrogens with zero attached hydrogens (tertiary/aromatic N) is 2. The van der Waals surface area contributed by atoms with Crippen LogP contribution in [-0.4, -0.2) is 18.3 Å². The van der Waals surface area contributed by atoms with Gasteiger partial charge in [-0.1, -0.05) is 6.07 Å². The Hall–Kier alpha value is -2.04. The molecule has 1 heterocycles. The van der Waals surface area contributed by atoms with Gasteiger partial charge in [-0.3, -0.25) is 10.1 Å². The van der Waals surface area contributed by atoms with Gasteiger partial charge in [0.25, 0.3) is 0 Å². The molecule has 0 aliphatic heterocycles. The van der Waals surface area contributed by atoms with Gasteiger partial charge in [0, 0.05) is 17.6 Å². The standard InChI is InChI=1S/C11H12N4O4S2/c1-7-13-5-8(20-7)6-14-21(18,19)10-4-2-3-9(12)11(10)15(16)17/h2-5,14H,6,12H2,1H3. The molecule has 1 aromatic carbocycles. The Balaban J connectivity index is 2.32. The van der Waals surface area contributed by atoms with Crippen molar-refractivity contribution in [3.05, 3.63) is 44.4 Å². The van der Waals surface area contributed by atoms with E-state index in [9.17, 15) is 18.5 Å². The predicted octanol–water partition coefficient (Wildman–Crippen LogP) is 1.42. The minimum Gasteiger partial charge on any atom is -0.393 e. The molecule has 0 saturated heterocycles. The van der Waals surface area contributed by atoms with Crippen LogP contribution in [0.25, 0.3) is 0 Å². The molecule has 0 saturated carbocycles. The molecule has 0 bridgehead atoms. The van der Waals surface area contributed by atoms with Gasteiger partial charge in [-0.2, -0.15) is 0 Å². The summed E-state index contributed by atoms with van der Waals surface area (Å²) in [7, 11) is -4.04. The van der Waals surface area contributed by atoms with Gasteiger partial charge >= 0.3 is 5.69 Å². The smallest absolute Gasteiger partial charge is 0.312 e. The monoisotopic (exact) mass is 328 g/mol. The highest BCUT2D eigenvalue weighted by atomic mass is 32.2. The van der Waals surface area contributed by atoms with Gasteiger partial charge in [0.2, 0.25) is 10.0 Å². The van der Waals surface area contributed by atoms with Gasteiger partial charge in [-0.25, -0.2) is 18.1 Å². The van der Waals surface area contributed by atoms with Crippen LogP contribution in [0.3, 0.4) is 0 Å². The zero-order valence-electron chi connectivity index (χ0n) is 10.9. The number of nitrogen functional groups attached to an aromatic ring is 1. The second kappa shape index (κ2) is 5.76. The molecule has 1 aromatic heterocycles. The number of benzene rings is 1. The number of nitro groups is 1. The normalized spacial score (nSPS) is 11.5. The summed E-state index contributed by atoms with van der Waals surface area (Å²) in [6.07, 6.45) is 1.55. The van der Waals surface area contributed by atoms with Crippen LogP contribution in [0.5, 0.6) is 0 Å². The number of hydrogen-bond acceptors (Lipinski definition) is 7. The van der Waals surface area contributed by atoms with E-state index in [4.69, 9.17) is 5.73 Å². The third kappa shape index (κ3) is 3.35. The van der Waals surface area contributed by atoms with E-state index >= 15 is 0 Å². The van der Waals surface area contributed by atoms with E-state index in [0.29, 0.717) is 4.88 Å². The van der Waals surface area contributed by atoms with Crippen molar-refractivity contribution >= 4 is 32.7 Å². The third-order valence-corrected chi connectivity index (χ3v) is 4.95. The molecule has 112 valence electrons. The molecule has 0 atom stereocenters. The zero-order chi connectivity index (χ0) is 15.6. The maximum atomic E-state index is 12.2. The number of nitro benzene ring substituents is 1. The SMILES string of the molecule is Cc1ncc(CNS(=O)(=O)c2cccc(N)c2[N+](=O)[O-])s1. The number of anilines is 1. The molecule has 2 aromatic rings. The van der Waals surface area contributed by atoms with Crippen molar-refractivity contribution in [3.63, 3.8) is 0 Å². The molecule has 21 heavy (non-hydrogen) atoms. The Kier molecular flexibility index (Phi) is 4.21. The van der Waals surface area contributed by atoms with Crippen molar-refractivity contribution in [2.24, 2.45) is 0 Å². The number of rotatable bonds is 5. The van der Waals surface area contributed by atoms with Crippen LogP contribution < -0.4 is 10.5 Å². The van der Waals surface area contributed by atoms with Crippen LogP contribution >= 0.6 is 11.3 Å². The van der Waals surface area contributed by atoms with Crippen molar-refractivity contribution in [1.82, 2.24) is 9.71 Å². The van der Waals surface area contributed by atoms with E-state index in [1.54, 1.807) is 13.1 Å². The lowest BCUT2D eigenvalue weighted by atomic mass is 10.3. The molecule has 0 aliphatic carbocycles. The van der Waals surface area contributed by atoms with Gasteiger partial charge in [-0.05, 0) is 19.1 Å². The van der Waals surface area contributed by atoms with E-state index in [1.165, 1.54) is 23.5 Å². The van der Waals surface area contributed by atoms with Crippen molar-refractivity contribution in [2.75, 3.05) is 5.73 Å². The Morgan fingerprint density at radius 3 is 2.76 bits per heavy atom. The van der Waals surface area contributed by atoms with Gasteiger partial charge in [0.1, 0.15) is 5.69 Å². The Morgan fingerprint density at radius 2 is 2.19 bits per heavy atom. The minimum atomic E-state index is -4.04. The molecule has 3 N–H and O–H groups in total. The molecule has 2 rings (SSSR count). The molecule has 0 radical (unpaired) electrons. The van der Waals surface area contributed by atoms with Crippen LogP contribution in [0.1, 0.15) is 9.88 Å². The number of hydrogen-bond donors (Lipinski definition) is 2. The number of aromatic nitrogens is 1. The molecule has 0 fully saturated rings. The highest BCUT2D eigenvalue weighted by Crippen LogP contribution is 2.29. The first-order valence-electron chi connectivity index (χ1n) is 5.75. The second-order valence-corrected chi connectivity index (χ2v) is 7.18. The molecule has 0 aliphatic rings. The number of aryl methyl sites for hydroxylation is 1. The Morgan fingerprint density at radius 1 is 1.48 bits per heavy atom. The largest absolute Gasteiger partial charge is 0.393 e. The summed E-state index contributed by atoms with van der Waals surface area (Å²) in [6.45, 7) is 1.81. The Labute approximate surface area is 124 Å². The van der Waals surface area contributed by atoms with Crippen molar-refractivity contribution in [2.45, 2.75) is 18.4 Å². The van der Waals surface area contributed by atoms with Crippen LogP contribution in [-0.2, 0) is 16.6 Å². The van der Waals surface area contributed by atoms with Crippen molar-refractivity contribution in [1.29, 1.82) is 0 Å². The summed E-state index contributed by atoms with van der Waals surface area (Å²) in [5, 5.41) is 11.8. The van der Waals surface area contributed by atoms with E-state index in [1.807, 2.05) is 0 Å². The number of thiazole rings is 1. The average Bonchev–Trinajstić information content (AvgIpc) is 2.82. The molecular weight excluding hydrogens is 316 g/mol. The fraction of sp³-hybridized carbons (Fsp3) is 0.182. The lowest BCUT2D eigenvalue weighted by Crippen LogP contribution is -2.24. The first-order chi connectivity index (χ1) is 9.81. The van der Waals surface area contributed by atoms with Gasteiger partial charge in [-0.15, -0.1) is 11.3 Å².